The Bertz CT molecular complexity index is 195. The van der Waals surface area contributed by atoms with Gasteiger partial charge in [-0.15, -0.1) is 0 Å². The van der Waals surface area contributed by atoms with E-state index in [2.05, 4.69) is 0 Å². The molecule has 0 aromatic carbocycles. The summed E-state index contributed by atoms with van der Waals surface area (Å²) in [6, 6.07) is 0. The number of nitrogens with zero attached hydrogens (tertiary/aromatic N) is 1. The normalized spacial score (nSPS) is 16.6. The predicted octanol–water partition coefficient (Wildman–Crippen LogP) is -3.98. The molecule has 0 aromatic rings. The van der Waals surface area contributed by atoms with Gasteiger partial charge in [-0.25, -0.2) is 5.06 Å². The van der Waals surface area contributed by atoms with Crippen molar-refractivity contribution in [3.8, 4) is 0 Å². The number of hydrogen-bond acceptors (Lipinski definition) is 4. The van der Waals surface area contributed by atoms with Crippen molar-refractivity contribution >= 4 is 14.0 Å². The van der Waals surface area contributed by atoms with Gasteiger partial charge < -0.3 is 14.4 Å². The first-order valence-corrected chi connectivity index (χ1v) is 5.05. The maximum Gasteiger partial charge on any atom is 1.00 e. The minimum absolute atomic E-state index is 0. The average molecular weight is 235 g/mol. The van der Waals surface area contributed by atoms with Crippen molar-refractivity contribution in [3.05, 3.63) is 0 Å². The summed E-state index contributed by atoms with van der Waals surface area (Å²) in [4.78, 5) is 28.6. The zero-order chi connectivity index (χ0) is 9.78. The minimum Gasteiger partial charge on any atom is -0.779 e. The summed E-state index contributed by atoms with van der Waals surface area (Å²) in [5, 5.41) is 8.95. The largest absolute Gasteiger partial charge is 1.00 e. The van der Waals surface area contributed by atoms with Crippen molar-refractivity contribution in [3.63, 3.8) is 0 Å². The Hall–Kier alpha value is 1.22. The number of carbonyl (C=O) groups excluding carboxylic acids is 1. The molecule has 0 saturated heterocycles. The van der Waals surface area contributed by atoms with Crippen molar-refractivity contribution < 1.29 is 75.7 Å². The second-order valence-electron chi connectivity index (χ2n) is 2.65. The predicted molar refractivity (Wildman–Crippen MR) is 38.4 cm³/mol. The Balaban J connectivity index is 0. The van der Waals surface area contributed by atoms with E-state index in [0.717, 1.165) is 0 Å². The number of hydroxylamine groups is 2. The smallest absolute Gasteiger partial charge is 0.779 e. The first-order valence-electron chi connectivity index (χ1n) is 3.29. The first kappa shape index (κ1) is 16.6. The molecule has 0 bridgehead atoms. The molecule has 0 spiro atoms. The van der Waals surface area contributed by atoms with Crippen LogP contribution in [0.5, 0.6) is 0 Å². The third kappa shape index (κ3) is 11.1. The van der Waals surface area contributed by atoms with E-state index in [1.54, 1.807) is 0 Å². The molecule has 2 unspecified atom stereocenters. The Kier molecular flexibility index (Phi) is 9.60. The van der Waals surface area contributed by atoms with Crippen LogP contribution in [0.4, 0.5) is 0 Å². The third-order valence-electron chi connectivity index (χ3n) is 1.16. The van der Waals surface area contributed by atoms with Gasteiger partial charge in [-0.3, -0.25) is 10.0 Å². The maximum absolute atomic E-state index is 10.3. The van der Waals surface area contributed by atoms with Crippen LogP contribution in [0.25, 0.3) is 0 Å². The van der Waals surface area contributed by atoms with Gasteiger partial charge in [0, 0.05) is 6.16 Å². The molecule has 0 saturated carbocycles. The molecular weight excluding hydrogens is 224 g/mol. The summed E-state index contributed by atoms with van der Waals surface area (Å²) in [5.74, 6) is -0.492. The Morgan fingerprint density at radius 2 is 2.15 bits per heavy atom. The zero-order valence-corrected chi connectivity index (χ0v) is 11.6. The van der Waals surface area contributed by atoms with Gasteiger partial charge in [-0.05, 0) is 5.92 Å². The molecule has 8 heteroatoms. The van der Waals surface area contributed by atoms with Gasteiger partial charge in [0.15, 0.2) is 0 Å². The van der Waals surface area contributed by atoms with Gasteiger partial charge >= 0.3 is 51.4 Å². The van der Waals surface area contributed by atoms with Crippen molar-refractivity contribution in [2.24, 2.45) is 5.92 Å². The fourth-order valence-electron chi connectivity index (χ4n) is 0.814. The molecule has 0 heterocycles. The van der Waals surface area contributed by atoms with Gasteiger partial charge in [0.05, 0.1) is 6.54 Å². The van der Waals surface area contributed by atoms with E-state index in [1.807, 2.05) is 0 Å². The molecule has 6 nitrogen and oxygen atoms in total. The monoisotopic (exact) mass is 235 g/mol. The van der Waals surface area contributed by atoms with Crippen LogP contribution in [0.3, 0.4) is 0 Å². The van der Waals surface area contributed by atoms with E-state index < -0.39 is 19.7 Å². The van der Waals surface area contributed by atoms with E-state index in [4.69, 9.17) is 10.1 Å². The Labute approximate surface area is 119 Å². The molecule has 2 atom stereocenters. The van der Waals surface area contributed by atoms with Crippen molar-refractivity contribution in [1.82, 2.24) is 5.06 Å². The van der Waals surface area contributed by atoms with Crippen molar-refractivity contribution in [2.75, 3.05) is 12.7 Å². The van der Waals surface area contributed by atoms with Gasteiger partial charge in [0.1, 0.15) is 7.60 Å². The summed E-state index contributed by atoms with van der Waals surface area (Å²) < 4.78 is 10.3. The summed E-state index contributed by atoms with van der Waals surface area (Å²) in [6.45, 7) is 1.38. The molecule has 0 aliphatic rings. The van der Waals surface area contributed by atoms with Crippen molar-refractivity contribution in [1.29, 1.82) is 0 Å². The second-order valence-corrected chi connectivity index (χ2v) is 4.29. The van der Waals surface area contributed by atoms with Crippen LogP contribution in [0.2, 0.25) is 0 Å². The van der Waals surface area contributed by atoms with Crippen LogP contribution in [-0.2, 0) is 9.36 Å². The number of rotatable bonds is 5. The molecule has 0 rings (SSSR count). The molecule has 2 N–H and O–H groups in total. The van der Waals surface area contributed by atoms with E-state index in [9.17, 15) is 14.3 Å². The van der Waals surface area contributed by atoms with E-state index in [0.29, 0.717) is 5.06 Å². The molecule has 13 heavy (non-hydrogen) atoms. The van der Waals surface area contributed by atoms with Gasteiger partial charge in [0.25, 0.3) is 0 Å². The van der Waals surface area contributed by atoms with E-state index in [-0.39, 0.29) is 64.3 Å². The van der Waals surface area contributed by atoms with E-state index in [1.165, 1.54) is 6.92 Å². The topological polar surface area (TPSA) is 101 Å². The number of amides is 1. The molecule has 72 valence electrons. The molecule has 0 aliphatic carbocycles. The van der Waals surface area contributed by atoms with Gasteiger partial charge in [0.2, 0.25) is 6.41 Å². The third-order valence-corrected chi connectivity index (χ3v) is 2.25. The number of hydrogen-bond donors (Lipinski definition) is 2. The quantitative estimate of drug-likeness (QED) is 0.166. The Morgan fingerprint density at radius 1 is 1.69 bits per heavy atom. The van der Waals surface area contributed by atoms with E-state index >= 15 is 0 Å². The van der Waals surface area contributed by atoms with Gasteiger partial charge in [-0.2, -0.15) is 0 Å². The van der Waals surface area contributed by atoms with Crippen molar-refractivity contribution in [2.45, 2.75) is 6.92 Å². The van der Waals surface area contributed by atoms with Crippen LogP contribution >= 0.6 is 7.60 Å². The average Bonchev–Trinajstić information content (AvgIpc) is 1.82. The molecular formula is C5H11KNO5P. The maximum atomic E-state index is 10.3. The van der Waals surface area contributed by atoms with Crippen LogP contribution < -0.4 is 56.3 Å². The summed E-state index contributed by atoms with van der Waals surface area (Å²) in [7, 11) is -4.29. The van der Waals surface area contributed by atoms with Crippen LogP contribution in [0.1, 0.15) is 6.92 Å². The van der Waals surface area contributed by atoms with Crippen LogP contribution in [0, 0.1) is 5.92 Å². The standard InChI is InChI=1S/C5H12NO5P.K/c1-5(2-6(8)4-7)3-12(9,10)11;/h4-5,8H,2-3H2,1H3,(H2,9,10,11);/q;+1/p-1. The van der Waals surface area contributed by atoms with Gasteiger partial charge in [-0.1, -0.05) is 6.92 Å². The Morgan fingerprint density at radius 3 is 2.46 bits per heavy atom. The fourth-order valence-corrected chi connectivity index (χ4v) is 1.72. The molecule has 1 amide bonds. The number of carbonyl (C=O) groups is 1. The fraction of sp³-hybridized carbons (Fsp3) is 0.800. The van der Waals surface area contributed by atoms with Crippen LogP contribution in [0.15, 0.2) is 0 Å². The zero-order valence-electron chi connectivity index (χ0n) is 7.58. The summed E-state index contributed by atoms with van der Waals surface area (Å²) in [5.41, 5.74) is 0. The molecule has 0 aromatic heterocycles. The minimum atomic E-state index is -4.29. The molecule has 0 fully saturated rings. The summed E-state index contributed by atoms with van der Waals surface area (Å²) >= 11 is 0. The molecule has 0 aliphatic heterocycles. The SMILES string of the molecule is CC(CN(O)C=O)CP(=O)([O-])O.[K+]. The van der Waals surface area contributed by atoms with Crippen LogP contribution in [-0.4, -0.2) is 34.3 Å². The summed E-state index contributed by atoms with van der Waals surface area (Å²) in [6.07, 6.45) is -0.276. The molecule has 0 radical (unpaired) electrons. The first-order chi connectivity index (χ1) is 5.35. The second kappa shape index (κ2) is 7.50.